The number of nitrogens with zero attached hydrogens (tertiary/aromatic N) is 1. The summed E-state index contributed by atoms with van der Waals surface area (Å²) in [5, 5.41) is 6.89. The van der Waals surface area contributed by atoms with Crippen LogP contribution in [-0.4, -0.2) is 24.6 Å². The molecule has 0 aliphatic heterocycles. The topological polar surface area (TPSA) is 89.0 Å². The van der Waals surface area contributed by atoms with E-state index in [1.54, 1.807) is 12.3 Å². The number of amides is 2. The molecule has 198 valence electrons. The van der Waals surface area contributed by atoms with Gasteiger partial charge in [-0.2, -0.15) is 5.10 Å². The van der Waals surface area contributed by atoms with Crippen LogP contribution in [0.5, 0.6) is 11.5 Å². The van der Waals surface area contributed by atoms with Crippen LogP contribution in [0.15, 0.2) is 78.4 Å². The van der Waals surface area contributed by atoms with Crippen LogP contribution in [0.3, 0.4) is 0 Å². The Morgan fingerprint density at radius 3 is 2.42 bits per heavy atom. The number of rotatable bonds is 13. The van der Waals surface area contributed by atoms with Gasteiger partial charge in [0.15, 0.2) is 11.5 Å². The second-order valence-electron chi connectivity index (χ2n) is 8.86. The number of carbonyl (C=O) groups is 2. The summed E-state index contributed by atoms with van der Waals surface area (Å²) in [5.74, 6) is 0.679. The van der Waals surface area contributed by atoms with E-state index in [4.69, 9.17) is 9.47 Å². The molecule has 0 fully saturated rings. The molecule has 0 aliphatic carbocycles. The summed E-state index contributed by atoms with van der Waals surface area (Å²) >= 11 is 0. The van der Waals surface area contributed by atoms with Gasteiger partial charge in [-0.05, 0) is 62.1 Å². The van der Waals surface area contributed by atoms with Crippen molar-refractivity contribution in [3.8, 4) is 11.5 Å². The van der Waals surface area contributed by atoms with Gasteiger partial charge in [-0.1, -0.05) is 54.1 Å². The van der Waals surface area contributed by atoms with Gasteiger partial charge >= 0.3 is 0 Å². The smallest absolute Gasteiger partial charge is 0.240 e. The van der Waals surface area contributed by atoms with Crippen molar-refractivity contribution in [2.75, 3.05) is 11.9 Å². The number of allylic oxidation sites excluding steroid dienone is 1. The molecule has 7 heteroatoms. The third kappa shape index (κ3) is 8.62. The average Bonchev–Trinajstić information content (AvgIpc) is 2.90. The summed E-state index contributed by atoms with van der Waals surface area (Å²) in [6.45, 7) is 10.6. The fourth-order valence-corrected chi connectivity index (χ4v) is 3.72. The summed E-state index contributed by atoms with van der Waals surface area (Å²) < 4.78 is 12.0. The normalized spacial score (nSPS) is 10.7. The summed E-state index contributed by atoms with van der Waals surface area (Å²) in [7, 11) is 0. The summed E-state index contributed by atoms with van der Waals surface area (Å²) in [5.41, 5.74) is 8.08. The second-order valence-corrected chi connectivity index (χ2v) is 8.86. The highest BCUT2D eigenvalue weighted by atomic mass is 16.5. The molecule has 0 spiro atoms. The number of hydrogen-bond donors (Lipinski definition) is 2. The van der Waals surface area contributed by atoms with Crippen LogP contribution in [0.25, 0.3) is 0 Å². The average molecular weight is 514 g/mol. The highest BCUT2D eigenvalue weighted by molar-refractivity contribution is 5.94. The minimum atomic E-state index is -0.351. The lowest BCUT2D eigenvalue weighted by Gasteiger charge is -2.17. The van der Waals surface area contributed by atoms with Crippen LogP contribution in [-0.2, 0) is 22.6 Å². The molecule has 2 amide bonds. The standard InChI is InChI=1S/C31H35N3O4/c1-5-9-26-18-25(19-28(37-6-2)31(26)38-21-24-14-12-22(3)13-15-24)20-32-34-30(36)17-16-29(35)33-27-11-8-7-10-23(27)4/h5,7-8,10-15,18-20H,1,6,9,16-17,21H2,2-4H3,(H,33,35)(H,34,36). The molecule has 2 N–H and O–H groups in total. The molecule has 3 rings (SSSR count). The van der Waals surface area contributed by atoms with Gasteiger partial charge in [0.05, 0.1) is 12.8 Å². The Morgan fingerprint density at radius 1 is 0.974 bits per heavy atom. The molecule has 7 nitrogen and oxygen atoms in total. The van der Waals surface area contributed by atoms with Crippen molar-refractivity contribution in [1.82, 2.24) is 5.43 Å². The van der Waals surface area contributed by atoms with Crippen molar-refractivity contribution in [3.05, 3.63) is 101 Å². The maximum atomic E-state index is 12.2. The van der Waals surface area contributed by atoms with Gasteiger partial charge in [0.1, 0.15) is 6.61 Å². The molecule has 3 aromatic carbocycles. The zero-order valence-electron chi connectivity index (χ0n) is 22.3. The molecule has 0 saturated carbocycles. The lowest BCUT2D eigenvalue weighted by atomic mass is 10.1. The number of nitrogens with one attached hydrogen (secondary N) is 2. The van der Waals surface area contributed by atoms with E-state index < -0.39 is 0 Å². The summed E-state index contributed by atoms with van der Waals surface area (Å²) in [6, 6.07) is 19.4. The van der Waals surface area contributed by atoms with Crippen LogP contribution >= 0.6 is 0 Å². The fourth-order valence-electron chi connectivity index (χ4n) is 3.72. The van der Waals surface area contributed by atoms with Crippen molar-refractivity contribution >= 4 is 23.7 Å². The molecule has 0 unspecified atom stereocenters. The van der Waals surface area contributed by atoms with E-state index in [1.165, 1.54) is 5.56 Å². The Bertz CT molecular complexity index is 1280. The minimum Gasteiger partial charge on any atom is -0.490 e. The first-order chi connectivity index (χ1) is 18.4. The number of carbonyl (C=O) groups excluding carboxylic acids is 2. The number of aryl methyl sites for hydroxylation is 2. The van der Waals surface area contributed by atoms with Crippen molar-refractivity contribution in [2.45, 2.75) is 46.6 Å². The maximum absolute atomic E-state index is 12.2. The Balaban J connectivity index is 1.62. The lowest BCUT2D eigenvalue weighted by Crippen LogP contribution is -2.20. The number of para-hydroxylation sites is 1. The number of ether oxygens (including phenoxy) is 2. The Hall–Kier alpha value is -4.39. The number of anilines is 1. The molecular formula is C31H35N3O4. The molecule has 0 aromatic heterocycles. The first-order valence-electron chi connectivity index (χ1n) is 12.7. The predicted molar refractivity (Wildman–Crippen MR) is 152 cm³/mol. The molecule has 0 aliphatic rings. The van der Waals surface area contributed by atoms with E-state index in [2.05, 4.69) is 34.6 Å². The van der Waals surface area contributed by atoms with Gasteiger partial charge in [0.25, 0.3) is 0 Å². The van der Waals surface area contributed by atoms with Crippen molar-refractivity contribution < 1.29 is 19.1 Å². The number of hydrogen-bond acceptors (Lipinski definition) is 5. The first kappa shape index (κ1) is 28.2. The molecule has 0 saturated heterocycles. The minimum absolute atomic E-state index is 0.0206. The van der Waals surface area contributed by atoms with Crippen LogP contribution in [0.4, 0.5) is 5.69 Å². The van der Waals surface area contributed by atoms with Crippen LogP contribution in [0.2, 0.25) is 0 Å². The SMILES string of the molecule is C=CCc1cc(C=NNC(=O)CCC(=O)Nc2ccccc2C)cc(OCC)c1OCc1ccc(C)cc1. The third-order valence-corrected chi connectivity index (χ3v) is 5.72. The van der Waals surface area contributed by atoms with Crippen LogP contribution < -0.4 is 20.2 Å². The molecule has 0 radical (unpaired) electrons. The Morgan fingerprint density at radius 2 is 1.71 bits per heavy atom. The van der Waals surface area contributed by atoms with Gasteiger partial charge in [0, 0.05) is 24.1 Å². The van der Waals surface area contributed by atoms with Crippen LogP contribution in [0.1, 0.15) is 47.6 Å². The van der Waals surface area contributed by atoms with E-state index in [0.717, 1.165) is 27.9 Å². The van der Waals surface area contributed by atoms with Gasteiger partial charge < -0.3 is 14.8 Å². The highest BCUT2D eigenvalue weighted by Gasteiger charge is 2.14. The third-order valence-electron chi connectivity index (χ3n) is 5.72. The van der Waals surface area contributed by atoms with E-state index in [1.807, 2.05) is 69.3 Å². The molecule has 3 aromatic rings. The van der Waals surface area contributed by atoms with E-state index >= 15 is 0 Å². The van der Waals surface area contributed by atoms with E-state index in [0.29, 0.717) is 31.1 Å². The maximum Gasteiger partial charge on any atom is 0.240 e. The first-order valence-corrected chi connectivity index (χ1v) is 12.7. The highest BCUT2D eigenvalue weighted by Crippen LogP contribution is 2.34. The van der Waals surface area contributed by atoms with Crippen molar-refractivity contribution in [1.29, 1.82) is 0 Å². The second kappa shape index (κ2) is 14.4. The van der Waals surface area contributed by atoms with Gasteiger partial charge in [0.2, 0.25) is 11.8 Å². The van der Waals surface area contributed by atoms with Gasteiger partial charge in [-0.25, -0.2) is 5.43 Å². The van der Waals surface area contributed by atoms with Crippen molar-refractivity contribution in [2.24, 2.45) is 5.10 Å². The predicted octanol–water partition coefficient (Wildman–Crippen LogP) is 5.88. The molecule has 0 heterocycles. The molecule has 0 bridgehead atoms. The largest absolute Gasteiger partial charge is 0.490 e. The molecule has 38 heavy (non-hydrogen) atoms. The van der Waals surface area contributed by atoms with E-state index in [-0.39, 0.29) is 24.7 Å². The summed E-state index contributed by atoms with van der Waals surface area (Å²) in [6.07, 6.45) is 4.00. The zero-order valence-corrected chi connectivity index (χ0v) is 22.3. The summed E-state index contributed by atoms with van der Waals surface area (Å²) in [4.78, 5) is 24.4. The Kier molecular flexibility index (Phi) is 10.7. The molecule has 0 atom stereocenters. The van der Waals surface area contributed by atoms with Crippen molar-refractivity contribution in [3.63, 3.8) is 0 Å². The lowest BCUT2D eigenvalue weighted by molar-refractivity contribution is -0.124. The quantitative estimate of drug-likeness (QED) is 0.170. The van der Waals surface area contributed by atoms with Crippen LogP contribution in [0, 0.1) is 13.8 Å². The molecular weight excluding hydrogens is 478 g/mol. The monoisotopic (exact) mass is 513 g/mol. The Labute approximate surface area is 224 Å². The van der Waals surface area contributed by atoms with Gasteiger partial charge in [-0.15, -0.1) is 6.58 Å². The fraction of sp³-hybridized carbons (Fsp3) is 0.258. The van der Waals surface area contributed by atoms with E-state index in [9.17, 15) is 9.59 Å². The van der Waals surface area contributed by atoms with Gasteiger partial charge in [-0.3, -0.25) is 9.59 Å². The zero-order chi connectivity index (χ0) is 27.3. The number of benzene rings is 3. The number of hydrazone groups is 1.